The van der Waals surface area contributed by atoms with Crippen LogP contribution >= 0.6 is 0 Å². The van der Waals surface area contributed by atoms with Gasteiger partial charge in [0.2, 0.25) is 5.91 Å². The van der Waals surface area contributed by atoms with Gasteiger partial charge in [0.25, 0.3) is 5.56 Å². The van der Waals surface area contributed by atoms with E-state index < -0.39 is 24.0 Å². The summed E-state index contributed by atoms with van der Waals surface area (Å²) in [5.74, 6) is -1.53. The number of hydrogen-bond acceptors (Lipinski definition) is 3. The van der Waals surface area contributed by atoms with Crippen molar-refractivity contribution in [2.45, 2.75) is 38.8 Å². The fraction of sp³-hybridized carbons (Fsp3) is 0.462. The van der Waals surface area contributed by atoms with E-state index in [4.69, 9.17) is 5.11 Å². The van der Waals surface area contributed by atoms with Crippen molar-refractivity contribution in [1.82, 2.24) is 9.88 Å². The molecule has 19 heavy (non-hydrogen) atoms. The zero-order valence-electron chi connectivity index (χ0n) is 11.0. The molecule has 2 atom stereocenters. The molecule has 0 saturated carbocycles. The Labute approximate surface area is 111 Å². The van der Waals surface area contributed by atoms with Gasteiger partial charge in [-0.2, -0.15) is 0 Å². The Bertz CT molecular complexity index is 509. The van der Waals surface area contributed by atoms with E-state index in [9.17, 15) is 14.4 Å². The summed E-state index contributed by atoms with van der Waals surface area (Å²) in [6.45, 7) is 3.44. The van der Waals surface area contributed by atoms with Gasteiger partial charge in [-0.25, -0.2) is 4.79 Å². The van der Waals surface area contributed by atoms with Gasteiger partial charge < -0.3 is 15.0 Å². The number of carboxylic acid groups (broad SMARTS) is 1. The van der Waals surface area contributed by atoms with Crippen LogP contribution in [0.3, 0.4) is 0 Å². The molecule has 6 heteroatoms. The molecule has 0 aromatic carbocycles. The summed E-state index contributed by atoms with van der Waals surface area (Å²) < 4.78 is 1.31. The number of carbonyl (C=O) groups excluding carboxylic acids is 1. The number of aromatic nitrogens is 1. The lowest BCUT2D eigenvalue weighted by Crippen LogP contribution is -2.45. The first-order valence-corrected chi connectivity index (χ1v) is 6.21. The first-order valence-electron chi connectivity index (χ1n) is 6.21. The highest BCUT2D eigenvalue weighted by atomic mass is 16.4. The van der Waals surface area contributed by atoms with Crippen LogP contribution in [-0.4, -0.2) is 27.6 Å². The maximum Gasteiger partial charge on any atom is 0.326 e. The van der Waals surface area contributed by atoms with Gasteiger partial charge in [0, 0.05) is 12.3 Å². The molecule has 0 radical (unpaired) electrons. The van der Waals surface area contributed by atoms with E-state index in [0.717, 1.165) is 0 Å². The first-order chi connectivity index (χ1) is 9.01. The lowest BCUT2D eigenvalue weighted by atomic mass is 10.1. The normalized spacial score (nSPS) is 13.6. The minimum atomic E-state index is -1.08. The molecule has 0 bridgehead atoms. The Balaban J connectivity index is 2.92. The molecule has 1 amide bonds. The molecule has 2 unspecified atom stereocenters. The van der Waals surface area contributed by atoms with E-state index in [0.29, 0.717) is 12.8 Å². The summed E-state index contributed by atoms with van der Waals surface area (Å²) in [7, 11) is 0. The molecule has 0 aliphatic rings. The third kappa shape index (κ3) is 3.67. The van der Waals surface area contributed by atoms with E-state index in [1.807, 2.05) is 0 Å². The SMILES string of the molecule is CCC(NC(=O)C(CC)n1ccccc1=O)C(=O)O. The number of nitrogens with zero attached hydrogens (tertiary/aromatic N) is 1. The van der Waals surface area contributed by atoms with Crippen molar-refractivity contribution in [2.75, 3.05) is 0 Å². The fourth-order valence-electron chi connectivity index (χ4n) is 1.81. The minimum absolute atomic E-state index is 0.284. The van der Waals surface area contributed by atoms with Crippen LogP contribution in [0.2, 0.25) is 0 Å². The second-order valence-corrected chi connectivity index (χ2v) is 4.18. The monoisotopic (exact) mass is 266 g/mol. The Morgan fingerprint density at radius 2 is 2.00 bits per heavy atom. The molecule has 0 saturated heterocycles. The van der Waals surface area contributed by atoms with Crippen LogP contribution in [0.1, 0.15) is 32.7 Å². The standard InChI is InChI=1S/C13H18N2O4/c1-3-9(13(18)19)14-12(17)10(4-2)15-8-6-5-7-11(15)16/h5-10H,3-4H2,1-2H3,(H,14,17)(H,18,19). The Morgan fingerprint density at radius 1 is 1.32 bits per heavy atom. The quantitative estimate of drug-likeness (QED) is 0.796. The summed E-state index contributed by atoms with van der Waals surface area (Å²) in [6, 6.07) is 2.99. The Morgan fingerprint density at radius 3 is 2.47 bits per heavy atom. The second-order valence-electron chi connectivity index (χ2n) is 4.18. The molecule has 1 aromatic heterocycles. The summed E-state index contributed by atoms with van der Waals surface area (Å²) in [5.41, 5.74) is -0.284. The maximum absolute atomic E-state index is 12.1. The van der Waals surface area contributed by atoms with Crippen molar-refractivity contribution < 1.29 is 14.7 Å². The number of nitrogens with one attached hydrogen (secondary N) is 1. The molecule has 6 nitrogen and oxygen atoms in total. The minimum Gasteiger partial charge on any atom is -0.480 e. The zero-order valence-corrected chi connectivity index (χ0v) is 11.0. The highest BCUT2D eigenvalue weighted by molar-refractivity contribution is 5.85. The average molecular weight is 266 g/mol. The van der Waals surface area contributed by atoms with Crippen LogP contribution < -0.4 is 10.9 Å². The smallest absolute Gasteiger partial charge is 0.326 e. The van der Waals surface area contributed by atoms with Gasteiger partial charge in [-0.15, -0.1) is 0 Å². The van der Waals surface area contributed by atoms with Gasteiger partial charge in [0.1, 0.15) is 12.1 Å². The number of carbonyl (C=O) groups is 2. The molecular weight excluding hydrogens is 248 g/mol. The van der Waals surface area contributed by atoms with E-state index in [2.05, 4.69) is 5.32 Å². The van der Waals surface area contributed by atoms with E-state index in [1.54, 1.807) is 26.0 Å². The van der Waals surface area contributed by atoms with E-state index in [-0.39, 0.29) is 5.56 Å². The van der Waals surface area contributed by atoms with Crippen LogP contribution in [0.4, 0.5) is 0 Å². The van der Waals surface area contributed by atoms with Gasteiger partial charge >= 0.3 is 5.97 Å². The molecule has 104 valence electrons. The number of rotatable bonds is 6. The van der Waals surface area contributed by atoms with Gasteiger partial charge in [0.15, 0.2) is 0 Å². The lowest BCUT2D eigenvalue weighted by Gasteiger charge is -2.20. The molecule has 0 aliphatic carbocycles. The van der Waals surface area contributed by atoms with Gasteiger partial charge in [-0.1, -0.05) is 19.9 Å². The summed E-state index contributed by atoms with van der Waals surface area (Å²) >= 11 is 0. The van der Waals surface area contributed by atoms with Crippen LogP contribution in [0.5, 0.6) is 0 Å². The summed E-state index contributed by atoms with van der Waals surface area (Å²) in [4.78, 5) is 34.6. The summed E-state index contributed by atoms with van der Waals surface area (Å²) in [6.07, 6.45) is 2.23. The largest absolute Gasteiger partial charge is 0.480 e. The highest BCUT2D eigenvalue weighted by Crippen LogP contribution is 2.09. The highest BCUT2D eigenvalue weighted by Gasteiger charge is 2.24. The first kappa shape index (κ1) is 14.9. The predicted octanol–water partition coefficient (Wildman–Crippen LogP) is 0.779. The molecule has 0 spiro atoms. The summed E-state index contributed by atoms with van der Waals surface area (Å²) in [5, 5.41) is 11.4. The van der Waals surface area contributed by atoms with E-state index in [1.165, 1.54) is 16.8 Å². The topological polar surface area (TPSA) is 88.4 Å². The van der Waals surface area contributed by atoms with Crippen molar-refractivity contribution in [2.24, 2.45) is 0 Å². The van der Waals surface area contributed by atoms with Crippen molar-refractivity contribution in [3.63, 3.8) is 0 Å². The van der Waals surface area contributed by atoms with Crippen molar-refractivity contribution in [3.05, 3.63) is 34.7 Å². The zero-order chi connectivity index (χ0) is 14.4. The van der Waals surface area contributed by atoms with E-state index >= 15 is 0 Å². The number of amides is 1. The van der Waals surface area contributed by atoms with Crippen molar-refractivity contribution >= 4 is 11.9 Å². The van der Waals surface area contributed by atoms with Crippen LogP contribution in [0.25, 0.3) is 0 Å². The molecule has 0 fully saturated rings. The number of hydrogen-bond donors (Lipinski definition) is 2. The van der Waals surface area contributed by atoms with Crippen LogP contribution in [-0.2, 0) is 9.59 Å². The van der Waals surface area contributed by atoms with Crippen molar-refractivity contribution in [3.8, 4) is 0 Å². The molecule has 1 heterocycles. The average Bonchev–Trinajstić information content (AvgIpc) is 2.38. The second kappa shape index (κ2) is 6.72. The number of pyridine rings is 1. The molecule has 1 aromatic rings. The van der Waals surface area contributed by atoms with Crippen LogP contribution in [0.15, 0.2) is 29.2 Å². The maximum atomic E-state index is 12.1. The fourth-order valence-corrected chi connectivity index (χ4v) is 1.81. The third-order valence-corrected chi connectivity index (χ3v) is 2.90. The predicted molar refractivity (Wildman–Crippen MR) is 69.9 cm³/mol. The third-order valence-electron chi connectivity index (χ3n) is 2.90. The molecule has 1 rings (SSSR count). The van der Waals surface area contributed by atoms with Gasteiger partial charge in [-0.05, 0) is 18.9 Å². The van der Waals surface area contributed by atoms with Crippen LogP contribution in [0, 0.1) is 0 Å². The van der Waals surface area contributed by atoms with Crippen molar-refractivity contribution in [1.29, 1.82) is 0 Å². The number of carboxylic acids is 1. The molecule has 0 aliphatic heterocycles. The number of aliphatic carboxylic acids is 1. The van der Waals surface area contributed by atoms with Gasteiger partial charge in [0.05, 0.1) is 0 Å². The molecular formula is C13H18N2O4. The van der Waals surface area contributed by atoms with Gasteiger partial charge in [-0.3, -0.25) is 9.59 Å². The Hall–Kier alpha value is -2.11. The Kier molecular flexibility index (Phi) is 5.29. The lowest BCUT2D eigenvalue weighted by molar-refractivity contribution is -0.142. The molecule has 2 N–H and O–H groups in total.